The molecule has 2 heterocycles. The van der Waals surface area contributed by atoms with Crippen LogP contribution in [0.15, 0.2) is 24.3 Å². The molecule has 0 N–H and O–H groups in total. The molecule has 0 radical (unpaired) electrons. The van der Waals surface area contributed by atoms with Gasteiger partial charge in [-0.05, 0) is 42.7 Å². The molecular weight excluding hydrogens is 314 g/mol. The molecule has 7 heteroatoms. The maximum Gasteiger partial charge on any atom is 0.225 e. The van der Waals surface area contributed by atoms with Crippen molar-refractivity contribution in [1.82, 2.24) is 25.1 Å². The highest BCUT2D eigenvalue weighted by Crippen LogP contribution is 2.30. The Kier molecular flexibility index (Phi) is 4.61. The van der Waals surface area contributed by atoms with Gasteiger partial charge >= 0.3 is 0 Å². The highest BCUT2D eigenvalue weighted by atomic mass is 35.5. The number of rotatable bonds is 3. The molecule has 6 nitrogen and oxygen atoms in total. The summed E-state index contributed by atoms with van der Waals surface area (Å²) in [4.78, 5) is 15.8. The fourth-order valence-electron chi connectivity index (χ4n) is 2.86. The highest BCUT2D eigenvalue weighted by molar-refractivity contribution is 6.30. The summed E-state index contributed by atoms with van der Waals surface area (Å²) in [7, 11) is 0. The number of carbonyl (C=O) groups excluding carboxylic acids is 1. The quantitative estimate of drug-likeness (QED) is 0.866. The Morgan fingerprint density at radius 1 is 1.35 bits per heavy atom. The van der Waals surface area contributed by atoms with Crippen LogP contribution in [0.4, 0.5) is 0 Å². The Balaban J connectivity index is 1.87. The third-order valence-electron chi connectivity index (χ3n) is 4.05. The number of likely N-dealkylation sites (tertiary alicyclic amines) is 1. The maximum absolute atomic E-state index is 12.4. The Morgan fingerprint density at radius 2 is 2.17 bits per heavy atom. The lowest BCUT2D eigenvalue weighted by atomic mass is 9.99. The number of hydrogen-bond acceptors (Lipinski definition) is 4. The van der Waals surface area contributed by atoms with E-state index in [2.05, 4.69) is 15.4 Å². The van der Waals surface area contributed by atoms with Gasteiger partial charge in [-0.3, -0.25) is 4.79 Å². The van der Waals surface area contributed by atoms with Gasteiger partial charge in [-0.15, -0.1) is 15.0 Å². The minimum absolute atomic E-state index is 0.0291. The Labute approximate surface area is 140 Å². The van der Waals surface area contributed by atoms with Crippen molar-refractivity contribution in [3.05, 3.63) is 35.1 Å². The minimum Gasteiger partial charge on any atom is -0.332 e. The molecule has 1 aliphatic heterocycles. The molecule has 2 aromatic rings. The summed E-state index contributed by atoms with van der Waals surface area (Å²) < 4.78 is 0. The Morgan fingerprint density at radius 3 is 2.91 bits per heavy atom. The summed E-state index contributed by atoms with van der Waals surface area (Å²) in [6.07, 6.45) is 2.97. The van der Waals surface area contributed by atoms with Crippen LogP contribution in [-0.4, -0.2) is 37.6 Å². The number of tetrazole rings is 1. The van der Waals surface area contributed by atoms with E-state index in [1.54, 1.807) is 12.1 Å². The zero-order chi connectivity index (χ0) is 16.4. The first-order valence-electron chi connectivity index (χ1n) is 7.92. The number of aromatic nitrogens is 4. The third-order valence-corrected chi connectivity index (χ3v) is 4.28. The van der Waals surface area contributed by atoms with Gasteiger partial charge in [0.15, 0.2) is 5.82 Å². The molecule has 1 atom stereocenters. The van der Waals surface area contributed by atoms with E-state index in [0.29, 0.717) is 10.8 Å². The van der Waals surface area contributed by atoms with Crippen molar-refractivity contribution in [3.63, 3.8) is 0 Å². The lowest BCUT2D eigenvalue weighted by Crippen LogP contribution is -2.41. The molecule has 1 fully saturated rings. The second-order valence-corrected chi connectivity index (χ2v) is 6.55. The predicted octanol–water partition coefficient (Wildman–Crippen LogP) is 3.03. The summed E-state index contributed by atoms with van der Waals surface area (Å²) in [5.41, 5.74) is 0.758. The predicted molar refractivity (Wildman–Crippen MR) is 87.3 cm³/mol. The number of carbonyl (C=O) groups is 1. The van der Waals surface area contributed by atoms with E-state index in [1.807, 2.05) is 30.9 Å². The van der Waals surface area contributed by atoms with Crippen LogP contribution in [0.3, 0.4) is 0 Å². The largest absolute Gasteiger partial charge is 0.332 e. The molecule has 0 saturated carbocycles. The van der Waals surface area contributed by atoms with Crippen LogP contribution >= 0.6 is 11.6 Å². The lowest BCUT2D eigenvalue weighted by molar-refractivity contribution is -0.138. The number of hydrogen-bond donors (Lipinski definition) is 0. The second-order valence-electron chi connectivity index (χ2n) is 6.11. The summed E-state index contributed by atoms with van der Waals surface area (Å²) in [5, 5.41) is 13.4. The van der Waals surface area contributed by atoms with Crippen LogP contribution in [0.5, 0.6) is 0 Å². The number of amides is 1. The van der Waals surface area contributed by atoms with E-state index >= 15 is 0 Å². The monoisotopic (exact) mass is 333 g/mol. The molecule has 0 bridgehead atoms. The van der Waals surface area contributed by atoms with E-state index in [9.17, 15) is 4.79 Å². The van der Waals surface area contributed by atoms with Gasteiger partial charge in [-0.1, -0.05) is 31.5 Å². The third kappa shape index (κ3) is 3.37. The molecule has 0 aliphatic carbocycles. The summed E-state index contributed by atoms with van der Waals surface area (Å²) >= 11 is 6.01. The minimum atomic E-state index is -0.0911. The molecule has 122 valence electrons. The molecule has 1 aromatic heterocycles. The van der Waals surface area contributed by atoms with E-state index < -0.39 is 0 Å². The first-order chi connectivity index (χ1) is 11.1. The first-order valence-corrected chi connectivity index (χ1v) is 8.30. The van der Waals surface area contributed by atoms with Crippen LogP contribution < -0.4 is 0 Å². The summed E-state index contributed by atoms with van der Waals surface area (Å²) in [6.45, 7) is 4.60. The van der Waals surface area contributed by atoms with E-state index in [1.165, 1.54) is 4.80 Å². The highest BCUT2D eigenvalue weighted by Gasteiger charge is 2.32. The zero-order valence-electron chi connectivity index (χ0n) is 13.3. The molecule has 1 unspecified atom stereocenters. The summed E-state index contributed by atoms with van der Waals surface area (Å²) in [5.74, 6) is 0.714. The van der Waals surface area contributed by atoms with E-state index in [4.69, 9.17) is 11.6 Å². The zero-order valence-corrected chi connectivity index (χ0v) is 14.1. The fourth-order valence-corrected chi connectivity index (χ4v) is 3.05. The standard InChI is InChI=1S/C16H20ClN5O/c1-11(2)16(23)21-9-4-3-8-14(21)15-18-20-22(19-15)13-7-5-6-12(17)10-13/h5-7,10-11,14H,3-4,8-9H2,1-2H3. The molecule has 1 aliphatic rings. The number of piperidine rings is 1. The second kappa shape index (κ2) is 6.66. The van der Waals surface area contributed by atoms with Gasteiger partial charge in [-0.2, -0.15) is 0 Å². The van der Waals surface area contributed by atoms with Crippen molar-refractivity contribution in [2.45, 2.75) is 39.2 Å². The van der Waals surface area contributed by atoms with Crippen molar-refractivity contribution in [3.8, 4) is 5.69 Å². The van der Waals surface area contributed by atoms with Crippen molar-refractivity contribution in [1.29, 1.82) is 0 Å². The topological polar surface area (TPSA) is 63.9 Å². The molecule has 1 aromatic carbocycles. The van der Waals surface area contributed by atoms with Gasteiger partial charge in [0.2, 0.25) is 5.91 Å². The van der Waals surface area contributed by atoms with E-state index in [0.717, 1.165) is 31.5 Å². The maximum atomic E-state index is 12.4. The molecule has 3 rings (SSSR count). The average molecular weight is 334 g/mol. The van der Waals surface area contributed by atoms with Crippen LogP contribution in [0.25, 0.3) is 5.69 Å². The van der Waals surface area contributed by atoms with Gasteiger partial charge in [0.25, 0.3) is 0 Å². The van der Waals surface area contributed by atoms with Gasteiger partial charge in [-0.25, -0.2) is 0 Å². The lowest BCUT2D eigenvalue weighted by Gasteiger charge is -2.34. The van der Waals surface area contributed by atoms with Gasteiger partial charge in [0.1, 0.15) is 0 Å². The number of halogens is 1. The SMILES string of the molecule is CC(C)C(=O)N1CCCCC1c1nnn(-c2cccc(Cl)c2)n1. The summed E-state index contributed by atoms with van der Waals surface area (Å²) in [6, 6.07) is 7.20. The van der Waals surface area contributed by atoms with E-state index in [-0.39, 0.29) is 17.9 Å². The average Bonchev–Trinajstić information content (AvgIpc) is 3.04. The van der Waals surface area contributed by atoms with Gasteiger partial charge in [0, 0.05) is 17.5 Å². The molecule has 1 amide bonds. The smallest absolute Gasteiger partial charge is 0.225 e. The first kappa shape index (κ1) is 15.9. The van der Waals surface area contributed by atoms with Crippen molar-refractivity contribution < 1.29 is 4.79 Å². The van der Waals surface area contributed by atoms with Gasteiger partial charge < -0.3 is 4.90 Å². The van der Waals surface area contributed by atoms with Crippen molar-refractivity contribution >= 4 is 17.5 Å². The Hall–Kier alpha value is -1.95. The number of nitrogens with zero attached hydrogens (tertiary/aromatic N) is 5. The van der Waals surface area contributed by atoms with Gasteiger partial charge in [0.05, 0.1) is 11.7 Å². The number of benzene rings is 1. The van der Waals surface area contributed by atoms with Crippen LogP contribution in [0.2, 0.25) is 5.02 Å². The molecule has 23 heavy (non-hydrogen) atoms. The normalized spacial score (nSPS) is 18.4. The van der Waals surface area contributed by atoms with Crippen LogP contribution in [0, 0.1) is 5.92 Å². The molecule has 1 saturated heterocycles. The Bertz CT molecular complexity index is 699. The van der Waals surface area contributed by atoms with Crippen LogP contribution in [0.1, 0.15) is 45.0 Å². The fraction of sp³-hybridized carbons (Fsp3) is 0.500. The van der Waals surface area contributed by atoms with Crippen LogP contribution in [-0.2, 0) is 4.79 Å². The van der Waals surface area contributed by atoms with Crippen molar-refractivity contribution in [2.75, 3.05) is 6.54 Å². The molecular formula is C16H20ClN5O. The molecule has 0 spiro atoms. The van der Waals surface area contributed by atoms with Crippen molar-refractivity contribution in [2.24, 2.45) is 5.92 Å².